The lowest BCUT2D eigenvalue weighted by Crippen LogP contribution is -2.34. The minimum absolute atomic E-state index is 0.0590. The summed E-state index contributed by atoms with van der Waals surface area (Å²) < 4.78 is 5.58. The number of aromatic nitrogens is 2. The highest BCUT2D eigenvalue weighted by molar-refractivity contribution is 5.87. The van der Waals surface area contributed by atoms with Gasteiger partial charge in [-0.05, 0) is 50.2 Å². The van der Waals surface area contributed by atoms with Gasteiger partial charge in [0.15, 0.2) is 12.4 Å². The Hall–Kier alpha value is -3.94. The van der Waals surface area contributed by atoms with Gasteiger partial charge in [0.2, 0.25) is 0 Å². The summed E-state index contributed by atoms with van der Waals surface area (Å²) in [6.45, 7) is 3.73. The van der Waals surface area contributed by atoms with Gasteiger partial charge in [0.05, 0.1) is 0 Å². The number of nitrogens with two attached hydrogens (primary N) is 1. The highest BCUT2D eigenvalue weighted by atomic mass is 16.5. The van der Waals surface area contributed by atoms with Gasteiger partial charge in [-0.1, -0.05) is 12.1 Å². The molecule has 2 aromatic carbocycles. The third-order valence-corrected chi connectivity index (χ3v) is 4.08. The number of nitrogens with one attached hydrogen (secondary N) is 3. The largest absolute Gasteiger partial charge is 0.484 e. The van der Waals surface area contributed by atoms with Crippen LogP contribution in [0.3, 0.4) is 0 Å². The number of carbonyl (C=O) groups is 1. The van der Waals surface area contributed by atoms with E-state index in [2.05, 4.69) is 20.6 Å². The van der Waals surface area contributed by atoms with Crippen molar-refractivity contribution in [2.75, 3.05) is 17.7 Å². The number of anilines is 3. The van der Waals surface area contributed by atoms with Crippen molar-refractivity contribution < 1.29 is 9.53 Å². The van der Waals surface area contributed by atoms with Gasteiger partial charge in [-0.15, -0.1) is 0 Å². The number of nitrogens with zero attached hydrogens (tertiary/aromatic N) is 2. The summed E-state index contributed by atoms with van der Waals surface area (Å²) in [5.74, 6) is 1.50. The molecule has 8 heteroatoms. The van der Waals surface area contributed by atoms with Crippen LogP contribution in [0.5, 0.6) is 5.75 Å². The molecule has 0 bridgehead atoms. The lowest BCUT2D eigenvalue weighted by molar-refractivity contribution is -0.123. The van der Waals surface area contributed by atoms with Crippen molar-refractivity contribution in [1.29, 1.82) is 5.41 Å². The molecule has 0 unspecified atom stereocenters. The van der Waals surface area contributed by atoms with E-state index in [0.717, 1.165) is 11.3 Å². The maximum absolute atomic E-state index is 11.8. The summed E-state index contributed by atoms with van der Waals surface area (Å²) >= 11 is 0. The molecule has 1 aromatic heterocycles. The highest BCUT2D eigenvalue weighted by Gasteiger charge is 2.08. The second-order valence-electron chi connectivity index (χ2n) is 6.92. The van der Waals surface area contributed by atoms with Crippen LogP contribution in [0.4, 0.5) is 17.2 Å². The number of benzene rings is 2. The second kappa shape index (κ2) is 9.51. The predicted octanol–water partition coefficient (Wildman–Crippen LogP) is 3.37. The molecule has 0 spiro atoms. The van der Waals surface area contributed by atoms with Crippen LogP contribution in [0.15, 0.2) is 54.7 Å². The summed E-state index contributed by atoms with van der Waals surface area (Å²) in [5, 5.41) is 13.4. The minimum Gasteiger partial charge on any atom is -0.484 e. The summed E-state index contributed by atoms with van der Waals surface area (Å²) in [6, 6.07) is 14.4. The third-order valence-electron chi connectivity index (χ3n) is 4.08. The Balaban J connectivity index is 1.74. The van der Waals surface area contributed by atoms with Crippen LogP contribution in [-0.4, -0.2) is 34.7 Å². The summed E-state index contributed by atoms with van der Waals surface area (Å²) in [4.78, 5) is 20.7. The first-order chi connectivity index (χ1) is 14.4. The Labute approximate surface area is 175 Å². The summed E-state index contributed by atoms with van der Waals surface area (Å²) in [6.07, 6.45) is 2.86. The van der Waals surface area contributed by atoms with Gasteiger partial charge in [-0.3, -0.25) is 4.79 Å². The Morgan fingerprint density at radius 2 is 2.07 bits per heavy atom. The number of hydrogen-bond donors (Lipinski definition) is 4. The topological polar surface area (TPSA) is 126 Å². The van der Waals surface area contributed by atoms with Crippen LogP contribution >= 0.6 is 0 Å². The van der Waals surface area contributed by atoms with E-state index >= 15 is 0 Å². The van der Waals surface area contributed by atoms with Crippen molar-refractivity contribution in [3.05, 3.63) is 60.3 Å². The molecule has 3 rings (SSSR count). The molecule has 0 aliphatic heterocycles. The van der Waals surface area contributed by atoms with Crippen molar-refractivity contribution in [2.45, 2.75) is 19.9 Å². The number of hydrogen-bond acceptors (Lipinski definition) is 7. The Morgan fingerprint density at radius 3 is 2.83 bits per heavy atom. The lowest BCUT2D eigenvalue weighted by Gasteiger charge is -2.11. The molecular formula is C22H24N6O2. The van der Waals surface area contributed by atoms with Crippen molar-refractivity contribution in [3.63, 3.8) is 0 Å². The van der Waals surface area contributed by atoms with Crippen molar-refractivity contribution in [3.8, 4) is 17.1 Å². The molecule has 5 N–H and O–H groups in total. The van der Waals surface area contributed by atoms with Gasteiger partial charge < -0.3 is 26.5 Å². The first-order valence-electron chi connectivity index (χ1n) is 9.47. The van der Waals surface area contributed by atoms with Crippen LogP contribution < -0.4 is 21.1 Å². The number of amides is 1. The van der Waals surface area contributed by atoms with Gasteiger partial charge in [0.1, 0.15) is 11.6 Å². The van der Waals surface area contributed by atoms with E-state index in [4.69, 9.17) is 15.9 Å². The SMILES string of the molecule is CC(C)NC(=O)COc1cccc(-c2nccc(Nc3ccc(N)c(C=N)c3)n2)c1. The van der Waals surface area contributed by atoms with E-state index in [1.165, 1.54) is 6.21 Å². The maximum atomic E-state index is 11.8. The van der Waals surface area contributed by atoms with Gasteiger partial charge in [0.25, 0.3) is 5.91 Å². The van der Waals surface area contributed by atoms with E-state index in [1.807, 2.05) is 32.0 Å². The van der Waals surface area contributed by atoms with Crippen LogP contribution in [-0.2, 0) is 4.79 Å². The van der Waals surface area contributed by atoms with E-state index in [1.54, 1.807) is 36.5 Å². The molecule has 1 amide bonds. The van der Waals surface area contributed by atoms with E-state index in [-0.39, 0.29) is 18.6 Å². The number of rotatable bonds is 8. The third kappa shape index (κ3) is 5.54. The Morgan fingerprint density at radius 1 is 1.23 bits per heavy atom. The zero-order valence-electron chi connectivity index (χ0n) is 16.8. The average Bonchev–Trinajstić information content (AvgIpc) is 2.73. The Kier molecular flexibility index (Phi) is 6.59. The fraction of sp³-hybridized carbons (Fsp3) is 0.182. The van der Waals surface area contributed by atoms with E-state index in [9.17, 15) is 4.79 Å². The van der Waals surface area contributed by atoms with Crippen molar-refractivity contribution in [2.24, 2.45) is 0 Å². The highest BCUT2D eigenvalue weighted by Crippen LogP contribution is 2.24. The monoisotopic (exact) mass is 404 g/mol. The van der Waals surface area contributed by atoms with Crippen LogP contribution in [0.25, 0.3) is 11.4 Å². The number of nitrogen functional groups attached to an aromatic ring is 1. The van der Waals surface area contributed by atoms with Crippen LogP contribution in [0.1, 0.15) is 19.4 Å². The molecule has 0 aliphatic carbocycles. The fourth-order valence-electron chi connectivity index (χ4n) is 2.73. The maximum Gasteiger partial charge on any atom is 0.258 e. The molecule has 154 valence electrons. The molecule has 1 heterocycles. The summed E-state index contributed by atoms with van der Waals surface area (Å²) in [7, 11) is 0. The van der Waals surface area contributed by atoms with E-state index < -0.39 is 0 Å². The fourth-order valence-corrected chi connectivity index (χ4v) is 2.73. The van der Waals surface area contributed by atoms with Crippen molar-refractivity contribution in [1.82, 2.24) is 15.3 Å². The minimum atomic E-state index is -0.175. The second-order valence-corrected chi connectivity index (χ2v) is 6.92. The van der Waals surface area contributed by atoms with Gasteiger partial charge >= 0.3 is 0 Å². The van der Waals surface area contributed by atoms with Gasteiger partial charge in [-0.2, -0.15) is 0 Å². The normalized spacial score (nSPS) is 10.5. The zero-order valence-corrected chi connectivity index (χ0v) is 16.8. The number of ether oxygens (including phenoxy) is 1. The molecule has 0 saturated carbocycles. The Bertz CT molecular complexity index is 1050. The van der Waals surface area contributed by atoms with Crippen molar-refractivity contribution >= 4 is 29.3 Å². The van der Waals surface area contributed by atoms with Gasteiger partial charge in [0, 0.05) is 41.0 Å². The zero-order chi connectivity index (χ0) is 21.5. The first-order valence-corrected chi connectivity index (χ1v) is 9.47. The lowest BCUT2D eigenvalue weighted by atomic mass is 10.1. The molecule has 3 aromatic rings. The average molecular weight is 404 g/mol. The molecule has 30 heavy (non-hydrogen) atoms. The van der Waals surface area contributed by atoms with Crippen LogP contribution in [0.2, 0.25) is 0 Å². The molecule has 0 atom stereocenters. The number of carbonyl (C=O) groups excluding carboxylic acids is 1. The first kappa shape index (κ1) is 20.8. The van der Waals surface area contributed by atoms with Gasteiger partial charge in [-0.25, -0.2) is 9.97 Å². The van der Waals surface area contributed by atoms with E-state index in [0.29, 0.717) is 28.6 Å². The molecule has 0 radical (unpaired) electrons. The predicted molar refractivity (Wildman–Crippen MR) is 118 cm³/mol. The van der Waals surface area contributed by atoms with Crippen LogP contribution in [0, 0.1) is 5.41 Å². The molecule has 0 fully saturated rings. The molecule has 0 saturated heterocycles. The molecular weight excluding hydrogens is 380 g/mol. The molecule has 8 nitrogen and oxygen atoms in total. The standard InChI is InChI=1S/C22H24N6O2/c1-14(2)26-21(29)13-30-18-5-3-4-15(11-18)22-25-9-8-20(28-22)27-17-6-7-19(24)16(10-17)12-23/h3-12,14,23H,13,24H2,1-2H3,(H,26,29)(H,25,27,28). The quantitative estimate of drug-likeness (QED) is 0.337. The smallest absolute Gasteiger partial charge is 0.258 e. The molecule has 0 aliphatic rings. The summed E-state index contributed by atoms with van der Waals surface area (Å²) in [5.41, 5.74) is 8.52.